The lowest BCUT2D eigenvalue weighted by Gasteiger charge is -2.23. The van der Waals surface area contributed by atoms with Crippen molar-refractivity contribution >= 4 is 18.3 Å². The molecule has 5 heteroatoms. The lowest BCUT2D eigenvalue weighted by atomic mass is 9.89. The molecular weight excluding hydrogens is 264 g/mol. The van der Waals surface area contributed by atoms with Crippen LogP contribution in [-0.2, 0) is 11.2 Å². The van der Waals surface area contributed by atoms with E-state index in [1.807, 2.05) is 12.1 Å². The molecule has 2 rings (SSSR count). The Kier molecular flexibility index (Phi) is 6.12. The predicted molar refractivity (Wildman–Crippen MR) is 78.0 cm³/mol. The van der Waals surface area contributed by atoms with Gasteiger partial charge in [0.25, 0.3) is 0 Å². The lowest BCUT2D eigenvalue weighted by molar-refractivity contribution is -0.117. The topological polar surface area (TPSA) is 64.3 Å². The van der Waals surface area contributed by atoms with Crippen LogP contribution in [0.5, 0.6) is 5.75 Å². The third-order valence-electron chi connectivity index (χ3n) is 3.49. The molecule has 0 spiro atoms. The summed E-state index contributed by atoms with van der Waals surface area (Å²) in [4.78, 5) is 11.0. The van der Waals surface area contributed by atoms with Crippen LogP contribution >= 0.6 is 12.4 Å². The van der Waals surface area contributed by atoms with Gasteiger partial charge in [0, 0.05) is 5.56 Å². The molecule has 0 bridgehead atoms. The van der Waals surface area contributed by atoms with Crippen molar-refractivity contribution in [2.24, 2.45) is 5.73 Å². The second-order valence-corrected chi connectivity index (χ2v) is 4.74. The summed E-state index contributed by atoms with van der Waals surface area (Å²) in [5.74, 6) is 1.02. The normalized spacial score (nSPS) is 15.6. The molecule has 1 aromatic rings. The molecule has 3 N–H and O–H groups in total. The molecule has 1 amide bonds. The van der Waals surface area contributed by atoms with Crippen molar-refractivity contribution in [3.63, 3.8) is 0 Å². The number of ether oxygens (including phenoxy) is 1. The highest BCUT2D eigenvalue weighted by atomic mass is 35.5. The summed E-state index contributed by atoms with van der Waals surface area (Å²) in [7, 11) is 1.63. The Morgan fingerprint density at radius 2 is 2.11 bits per heavy atom. The van der Waals surface area contributed by atoms with Gasteiger partial charge in [-0.1, -0.05) is 12.1 Å². The third-order valence-corrected chi connectivity index (χ3v) is 3.49. The van der Waals surface area contributed by atoms with Crippen LogP contribution < -0.4 is 15.8 Å². The van der Waals surface area contributed by atoms with E-state index < -0.39 is 0 Å². The van der Waals surface area contributed by atoms with Crippen molar-refractivity contribution in [1.82, 2.24) is 5.32 Å². The molecule has 1 saturated heterocycles. The SMILES string of the molecule is COc1cc(C2CCNCC2)ccc1CC(N)=O.Cl. The highest BCUT2D eigenvalue weighted by Crippen LogP contribution is 2.30. The maximum atomic E-state index is 11.0. The van der Waals surface area contributed by atoms with E-state index in [1.54, 1.807) is 7.11 Å². The number of methoxy groups -OCH3 is 1. The Balaban J connectivity index is 0.00000180. The largest absolute Gasteiger partial charge is 0.496 e. The monoisotopic (exact) mass is 284 g/mol. The van der Waals surface area contributed by atoms with Gasteiger partial charge in [0.05, 0.1) is 13.5 Å². The van der Waals surface area contributed by atoms with Crippen LogP contribution in [0.2, 0.25) is 0 Å². The second kappa shape index (κ2) is 7.36. The molecule has 1 aliphatic rings. The van der Waals surface area contributed by atoms with Crippen LogP contribution in [0.1, 0.15) is 29.9 Å². The molecule has 0 aliphatic carbocycles. The summed E-state index contributed by atoms with van der Waals surface area (Å²) in [6.45, 7) is 2.13. The number of nitrogens with two attached hydrogens (primary N) is 1. The van der Waals surface area contributed by atoms with Gasteiger partial charge < -0.3 is 15.8 Å². The highest BCUT2D eigenvalue weighted by molar-refractivity contribution is 5.85. The molecule has 0 atom stereocenters. The van der Waals surface area contributed by atoms with Crippen LogP contribution in [0.4, 0.5) is 0 Å². The Morgan fingerprint density at radius 1 is 1.42 bits per heavy atom. The van der Waals surface area contributed by atoms with Crippen LogP contribution in [0.25, 0.3) is 0 Å². The molecule has 106 valence electrons. The number of piperidine rings is 1. The number of hydrogen-bond acceptors (Lipinski definition) is 3. The van der Waals surface area contributed by atoms with Crippen molar-refractivity contribution in [1.29, 1.82) is 0 Å². The minimum absolute atomic E-state index is 0. The van der Waals surface area contributed by atoms with Crippen LogP contribution in [0.15, 0.2) is 18.2 Å². The van der Waals surface area contributed by atoms with E-state index in [2.05, 4.69) is 11.4 Å². The number of amides is 1. The maximum absolute atomic E-state index is 11.0. The van der Waals surface area contributed by atoms with Gasteiger partial charge in [-0.25, -0.2) is 0 Å². The van der Waals surface area contributed by atoms with E-state index >= 15 is 0 Å². The van der Waals surface area contributed by atoms with Gasteiger partial charge in [0.2, 0.25) is 5.91 Å². The van der Waals surface area contributed by atoms with Gasteiger partial charge >= 0.3 is 0 Å². The van der Waals surface area contributed by atoms with Gasteiger partial charge in [-0.3, -0.25) is 4.79 Å². The number of primary amides is 1. The number of halogens is 1. The van der Waals surface area contributed by atoms with Crippen molar-refractivity contribution in [3.8, 4) is 5.75 Å². The van der Waals surface area contributed by atoms with E-state index in [4.69, 9.17) is 10.5 Å². The summed E-state index contributed by atoms with van der Waals surface area (Å²) in [6.07, 6.45) is 2.53. The molecule has 1 aromatic carbocycles. The van der Waals surface area contributed by atoms with Crippen LogP contribution in [0.3, 0.4) is 0 Å². The number of carbonyl (C=O) groups is 1. The minimum atomic E-state index is -0.331. The number of hydrogen-bond donors (Lipinski definition) is 2. The highest BCUT2D eigenvalue weighted by Gasteiger charge is 2.17. The lowest BCUT2D eigenvalue weighted by Crippen LogP contribution is -2.26. The average Bonchev–Trinajstić information content (AvgIpc) is 2.39. The molecular formula is C14H21ClN2O2. The zero-order valence-corrected chi connectivity index (χ0v) is 12.0. The molecule has 4 nitrogen and oxygen atoms in total. The quantitative estimate of drug-likeness (QED) is 0.883. The van der Waals surface area contributed by atoms with Gasteiger partial charge in [0.1, 0.15) is 5.75 Å². The first-order valence-corrected chi connectivity index (χ1v) is 6.36. The van der Waals surface area contributed by atoms with Crippen molar-refractivity contribution < 1.29 is 9.53 Å². The predicted octanol–water partition coefficient (Wildman–Crippen LogP) is 1.61. The first kappa shape index (κ1) is 15.8. The fourth-order valence-electron chi connectivity index (χ4n) is 2.50. The standard InChI is InChI=1S/C14H20N2O2.ClH/c1-18-13-8-11(10-4-6-16-7-5-10)2-3-12(13)9-14(15)17;/h2-3,8,10,16H,4-7,9H2,1H3,(H2,15,17);1H. The average molecular weight is 285 g/mol. The Bertz CT molecular complexity index is 431. The zero-order valence-electron chi connectivity index (χ0n) is 11.1. The first-order valence-electron chi connectivity index (χ1n) is 6.36. The fourth-order valence-corrected chi connectivity index (χ4v) is 2.50. The van der Waals surface area contributed by atoms with Crippen molar-refractivity contribution in [3.05, 3.63) is 29.3 Å². The zero-order chi connectivity index (χ0) is 13.0. The minimum Gasteiger partial charge on any atom is -0.496 e. The molecule has 0 saturated carbocycles. The smallest absolute Gasteiger partial charge is 0.221 e. The van der Waals surface area contributed by atoms with Crippen LogP contribution in [0, 0.1) is 0 Å². The maximum Gasteiger partial charge on any atom is 0.221 e. The summed E-state index contributed by atoms with van der Waals surface area (Å²) in [5.41, 5.74) is 7.38. The number of nitrogens with one attached hydrogen (secondary N) is 1. The van der Waals surface area contributed by atoms with E-state index in [9.17, 15) is 4.79 Å². The van der Waals surface area contributed by atoms with Gasteiger partial charge in [-0.15, -0.1) is 12.4 Å². The van der Waals surface area contributed by atoms with Gasteiger partial charge in [0.15, 0.2) is 0 Å². The fraction of sp³-hybridized carbons (Fsp3) is 0.500. The summed E-state index contributed by atoms with van der Waals surface area (Å²) >= 11 is 0. The number of rotatable bonds is 4. The first-order chi connectivity index (χ1) is 8.70. The van der Waals surface area contributed by atoms with Crippen LogP contribution in [-0.4, -0.2) is 26.1 Å². The third kappa shape index (κ3) is 4.11. The molecule has 19 heavy (non-hydrogen) atoms. The molecule has 1 aliphatic heterocycles. The Labute approximate surface area is 120 Å². The summed E-state index contributed by atoms with van der Waals surface area (Å²) in [5, 5.41) is 3.36. The van der Waals surface area contributed by atoms with E-state index in [1.165, 1.54) is 5.56 Å². The number of benzene rings is 1. The molecule has 0 aromatic heterocycles. The number of carbonyl (C=O) groups excluding carboxylic acids is 1. The molecule has 1 fully saturated rings. The van der Waals surface area contributed by atoms with E-state index in [0.29, 0.717) is 5.92 Å². The summed E-state index contributed by atoms with van der Waals surface area (Å²) < 4.78 is 5.35. The Morgan fingerprint density at radius 3 is 2.68 bits per heavy atom. The summed E-state index contributed by atoms with van der Waals surface area (Å²) in [6, 6.07) is 6.10. The van der Waals surface area contributed by atoms with Gasteiger partial charge in [-0.05, 0) is 43.5 Å². The molecule has 0 radical (unpaired) electrons. The van der Waals surface area contributed by atoms with E-state index in [0.717, 1.165) is 37.2 Å². The second-order valence-electron chi connectivity index (χ2n) is 4.74. The molecule has 0 unspecified atom stereocenters. The van der Waals surface area contributed by atoms with Gasteiger partial charge in [-0.2, -0.15) is 0 Å². The van der Waals surface area contributed by atoms with Crippen molar-refractivity contribution in [2.75, 3.05) is 20.2 Å². The van der Waals surface area contributed by atoms with Crippen molar-refractivity contribution in [2.45, 2.75) is 25.2 Å². The Hall–Kier alpha value is -1.26. The van der Waals surface area contributed by atoms with E-state index in [-0.39, 0.29) is 24.7 Å². The molecule has 1 heterocycles.